The summed E-state index contributed by atoms with van der Waals surface area (Å²) in [7, 11) is 0. The zero-order valence-electron chi connectivity index (χ0n) is 15.0. The van der Waals surface area contributed by atoms with Crippen molar-refractivity contribution in [3.05, 3.63) is 95.8 Å². The number of ketones is 1. The van der Waals surface area contributed by atoms with Gasteiger partial charge in [0.05, 0.1) is 17.9 Å². The van der Waals surface area contributed by atoms with Crippen molar-refractivity contribution in [2.24, 2.45) is 10.7 Å². The maximum atomic E-state index is 13.0. The van der Waals surface area contributed by atoms with Crippen LogP contribution in [0.1, 0.15) is 21.5 Å². The number of amides is 1. The van der Waals surface area contributed by atoms with Crippen LogP contribution in [0.4, 0.5) is 5.69 Å². The van der Waals surface area contributed by atoms with Crippen molar-refractivity contribution >= 4 is 23.1 Å². The van der Waals surface area contributed by atoms with E-state index in [1.165, 1.54) is 11.1 Å². The minimum atomic E-state index is -1.09. The Hall–Kier alpha value is -3.64. The first-order valence-electron chi connectivity index (χ1n) is 8.88. The second kappa shape index (κ2) is 7.54. The van der Waals surface area contributed by atoms with E-state index < -0.39 is 12.1 Å². The number of hydrogen-bond acceptors (Lipinski definition) is 5. The third-order valence-corrected chi connectivity index (χ3v) is 4.57. The molecule has 138 valence electrons. The van der Waals surface area contributed by atoms with Gasteiger partial charge >= 0.3 is 0 Å². The molecule has 6 nitrogen and oxygen atoms in total. The van der Waals surface area contributed by atoms with E-state index in [2.05, 4.69) is 9.98 Å². The van der Waals surface area contributed by atoms with Crippen molar-refractivity contribution < 1.29 is 9.59 Å². The molecule has 1 unspecified atom stereocenters. The van der Waals surface area contributed by atoms with Crippen LogP contribution >= 0.6 is 0 Å². The van der Waals surface area contributed by atoms with Crippen LogP contribution in [0.2, 0.25) is 0 Å². The van der Waals surface area contributed by atoms with Crippen molar-refractivity contribution in [1.29, 1.82) is 0 Å². The van der Waals surface area contributed by atoms with Crippen LogP contribution < -0.4 is 10.6 Å². The zero-order chi connectivity index (χ0) is 19.5. The lowest BCUT2D eigenvalue weighted by Gasteiger charge is -2.23. The quantitative estimate of drug-likeness (QED) is 0.715. The number of benzodiazepines with no additional fused rings is 1. The van der Waals surface area contributed by atoms with E-state index in [0.717, 1.165) is 11.1 Å². The Morgan fingerprint density at radius 3 is 2.50 bits per heavy atom. The molecule has 1 aromatic heterocycles. The van der Waals surface area contributed by atoms with Gasteiger partial charge in [-0.2, -0.15) is 0 Å². The highest BCUT2D eigenvalue weighted by atomic mass is 16.2. The molecule has 2 aromatic carbocycles. The van der Waals surface area contributed by atoms with Crippen LogP contribution in [0.15, 0.2) is 84.1 Å². The van der Waals surface area contributed by atoms with E-state index in [1.54, 1.807) is 24.4 Å². The lowest BCUT2D eigenvalue weighted by atomic mass is 10.00. The number of Topliss-reactive ketones (excluding diaryl/α,β-unsaturated/α-hetero) is 1. The highest BCUT2D eigenvalue weighted by Gasteiger charge is 2.31. The summed E-state index contributed by atoms with van der Waals surface area (Å²) in [5.74, 6) is -0.637. The fourth-order valence-electron chi connectivity index (χ4n) is 3.20. The third kappa shape index (κ3) is 3.33. The van der Waals surface area contributed by atoms with Gasteiger partial charge in [-0.15, -0.1) is 0 Å². The van der Waals surface area contributed by atoms with Crippen molar-refractivity contribution in [3.8, 4) is 0 Å². The van der Waals surface area contributed by atoms with Crippen molar-refractivity contribution in [2.75, 3.05) is 11.4 Å². The van der Waals surface area contributed by atoms with Crippen LogP contribution in [-0.4, -0.2) is 35.1 Å². The molecule has 0 aliphatic carbocycles. The number of anilines is 1. The van der Waals surface area contributed by atoms with Crippen molar-refractivity contribution in [3.63, 3.8) is 0 Å². The van der Waals surface area contributed by atoms with Crippen molar-refractivity contribution in [2.45, 2.75) is 6.17 Å². The average Bonchev–Trinajstić information content (AvgIpc) is 2.85. The molecule has 28 heavy (non-hydrogen) atoms. The first-order valence-corrected chi connectivity index (χ1v) is 8.88. The molecule has 4 rings (SSSR count). The number of nitrogens with two attached hydrogens (primary N) is 1. The second-order valence-corrected chi connectivity index (χ2v) is 6.39. The normalized spacial score (nSPS) is 16.2. The summed E-state index contributed by atoms with van der Waals surface area (Å²) in [6, 6.07) is 20.3. The number of carbonyl (C=O) groups excluding carboxylic acids is 2. The first-order chi connectivity index (χ1) is 13.6. The smallest absolute Gasteiger partial charge is 0.266 e. The van der Waals surface area contributed by atoms with Gasteiger partial charge in [-0.05, 0) is 18.2 Å². The number of nitrogens with zero attached hydrogens (tertiary/aromatic N) is 3. The molecule has 2 heterocycles. The second-order valence-electron chi connectivity index (χ2n) is 6.39. The Balaban J connectivity index is 1.78. The summed E-state index contributed by atoms with van der Waals surface area (Å²) < 4.78 is 0. The van der Waals surface area contributed by atoms with Gasteiger partial charge in [-0.3, -0.25) is 19.6 Å². The van der Waals surface area contributed by atoms with Gasteiger partial charge in [0, 0.05) is 29.1 Å². The maximum absolute atomic E-state index is 13.0. The number of carbonyl (C=O) groups is 2. The lowest BCUT2D eigenvalue weighted by molar-refractivity contribution is -0.119. The van der Waals surface area contributed by atoms with Gasteiger partial charge in [0.25, 0.3) is 5.91 Å². The summed E-state index contributed by atoms with van der Waals surface area (Å²) in [5, 5.41) is 0. The van der Waals surface area contributed by atoms with Gasteiger partial charge in [0.15, 0.2) is 11.9 Å². The minimum Gasteiger partial charge on any atom is -0.302 e. The number of fused-ring (bicyclic) bond motifs is 1. The largest absolute Gasteiger partial charge is 0.302 e. The van der Waals surface area contributed by atoms with E-state index in [9.17, 15) is 9.59 Å². The van der Waals surface area contributed by atoms with Crippen LogP contribution in [-0.2, 0) is 4.79 Å². The fraction of sp³-hybridized carbons (Fsp3) is 0.0909. The van der Waals surface area contributed by atoms with Crippen molar-refractivity contribution in [1.82, 2.24) is 4.98 Å². The molecule has 3 aromatic rings. The minimum absolute atomic E-state index is 0.132. The molecular weight excluding hydrogens is 352 g/mol. The highest BCUT2D eigenvalue weighted by molar-refractivity contribution is 6.21. The molecule has 2 N–H and O–H groups in total. The van der Waals surface area contributed by atoms with Crippen LogP contribution in [0.5, 0.6) is 0 Å². The van der Waals surface area contributed by atoms with Gasteiger partial charge in [-0.1, -0.05) is 48.5 Å². The molecule has 6 heteroatoms. The van der Waals surface area contributed by atoms with E-state index >= 15 is 0 Å². The first kappa shape index (κ1) is 17.8. The Morgan fingerprint density at radius 2 is 1.75 bits per heavy atom. The predicted octanol–water partition coefficient (Wildman–Crippen LogP) is 2.43. The van der Waals surface area contributed by atoms with Gasteiger partial charge < -0.3 is 10.6 Å². The molecule has 0 saturated heterocycles. The Bertz CT molecular complexity index is 1050. The summed E-state index contributed by atoms with van der Waals surface area (Å²) >= 11 is 0. The molecule has 0 saturated carbocycles. The summed E-state index contributed by atoms with van der Waals surface area (Å²) in [4.78, 5) is 35.6. The molecule has 1 aliphatic rings. The topological polar surface area (TPSA) is 88.7 Å². The highest BCUT2D eigenvalue weighted by Crippen LogP contribution is 2.28. The van der Waals surface area contributed by atoms with Gasteiger partial charge in [0.2, 0.25) is 0 Å². The summed E-state index contributed by atoms with van der Waals surface area (Å²) in [6.45, 7) is -0.132. The zero-order valence-corrected chi connectivity index (χ0v) is 15.0. The number of para-hydroxylation sites is 1. The number of aliphatic imine (C=N–C) groups is 1. The van der Waals surface area contributed by atoms with E-state index in [-0.39, 0.29) is 12.3 Å². The maximum Gasteiger partial charge on any atom is 0.266 e. The molecule has 0 spiro atoms. The van der Waals surface area contributed by atoms with E-state index in [0.29, 0.717) is 17.0 Å². The third-order valence-electron chi connectivity index (χ3n) is 4.57. The monoisotopic (exact) mass is 370 g/mol. The van der Waals surface area contributed by atoms with Crippen LogP contribution in [0.3, 0.4) is 0 Å². The number of pyridine rings is 1. The molecule has 1 aliphatic heterocycles. The molecule has 0 bridgehead atoms. The summed E-state index contributed by atoms with van der Waals surface area (Å²) in [6.07, 6.45) is 1.99. The molecule has 0 radical (unpaired) electrons. The molecule has 1 amide bonds. The van der Waals surface area contributed by atoms with Crippen LogP contribution in [0.25, 0.3) is 0 Å². The van der Waals surface area contributed by atoms with E-state index in [1.807, 2.05) is 48.5 Å². The lowest BCUT2D eigenvalue weighted by Crippen LogP contribution is -2.44. The average molecular weight is 370 g/mol. The van der Waals surface area contributed by atoms with E-state index in [4.69, 9.17) is 5.73 Å². The van der Waals surface area contributed by atoms with Gasteiger partial charge in [0.1, 0.15) is 0 Å². The predicted molar refractivity (Wildman–Crippen MR) is 107 cm³/mol. The standard InChI is InChI=1S/C22H18N4O2/c23-21-22(28)26(14-19(27)16-9-6-12-24-13-16)18-11-5-4-10-17(18)20(25-21)15-7-2-1-3-8-15/h1-13,21H,14,23H2. The SMILES string of the molecule is NC1N=C(c2ccccc2)c2ccccc2N(CC(=O)c2cccnc2)C1=O. The number of benzene rings is 2. The van der Waals surface area contributed by atoms with Gasteiger partial charge in [-0.25, -0.2) is 0 Å². The molecule has 0 fully saturated rings. The van der Waals surface area contributed by atoms with Crippen LogP contribution in [0, 0.1) is 0 Å². The Kier molecular flexibility index (Phi) is 4.78. The number of aromatic nitrogens is 1. The number of hydrogen-bond donors (Lipinski definition) is 1. The number of rotatable bonds is 4. The summed E-state index contributed by atoms with van der Waals surface area (Å²) in [5.41, 5.74) is 9.39. The Labute approximate surface area is 162 Å². The Morgan fingerprint density at radius 1 is 1.00 bits per heavy atom. The molecule has 1 atom stereocenters. The fourth-order valence-corrected chi connectivity index (χ4v) is 3.20. The molecular formula is C22H18N4O2.